The Kier molecular flexibility index (Phi) is 5.14. The lowest BCUT2D eigenvalue weighted by Crippen LogP contribution is -2.44. The summed E-state index contributed by atoms with van der Waals surface area (Å²) in [5, 5.41) is 9.91. The van der Waals surface area contributed by atoms with Crippen LogP contribution in [-0.4, -0.2) is 43.9 Å². The highest BCUT2D eigenvalue weighted by atomic mass is 32.1. The molecular formula is C14H21N3O2S. The standard InChI is InChI=1S/C14H21N3O2S/c1-17(2)12(11-5-6-20-9-11)8-16-14(19)10-3-4-13(18)15-7-10/h5-6,9-10,12H,3-4,7-8H2,1-2H3,(H,15,18)(H,16,19)/t10-,12+/m0/s1. The van der Waals surface area contributed by atoms with Gasteiger partial charge in [-0.2, -0.15) is 11.3 Å². The molecule has 0 saturated carbocycles. The zero-order chi connectivity index (χ0) is 14.5. The molecule has 20 heavy (non-hydrogen) atoms. The minimum atomic E-state index is -0.0991. The summed E-state index contributed by atoms with van der Waals surface area (Å²) in [5.74, 6) is -0.0245. The summed E-state index contributed by atoms with van der Waals surface area (Å²) in [5.41, 5.74) is 1.22. The summed E-state index contributed by atoms with van der Waals surface area (Å²) in [4.78, 5) is 25.3. The minimum absolute atomic E-state index is 0.0343. The van der Waals surface area contributed by atoms with Gasteiger partial charge in [0, 0.05) is 19.5 Å². The molecule has 6 heteroatoms. The lowest BCUT2D eigenvalue weighted by molar-refractivity contribution is -0.129. The Hall–Kier alpha value is -1.40. The number of likely N-dealkylation sites (N-methyl/N-ethyl adjacent to an activating group) is 1. The number of hydrogen-bond donors (Lipinski definition) is 2. The molecule has 2 heterocycles. The third kappa shape index (κ3) is 3.80. The largest absolute Gasteiger partial charge is 0.355 e. The van der Waals surface area contributed by atoms with Crippen LogP contribution >= 0.6 is 11.3 Å². The zero-order valence-electron chi connectivity index (χ0n) is 11.9. The van der Waals surface area contributed by atoms with Gasteiger partial charge in [0.05, 0.1) is 12.0 Å². The summed E-state index contributed by atoms with van der Waals surface area (Å²) >= 11 is 1.66. The van der Waals surface area contributed by atoms with Crippen LogP contribution in [0.3, 0.4) is 0 Å². The third-order valence-corrected chi connectivity index (χ3v) is 4.36. The molecule has 2 rings (SSSR count). The molecule has 0 aromatic carbocycles. The van der Waals surface area contributed by atoms with E-state index in [2.05, 4.69) is 27.0 Å². The van der Waals surface area contributed by atoms with Crippen molar-refractivity contribution in [3.05, 3.63) is 22.4 Å². The van der Waals surface area contributed by atoms with Gasteiger partial charge in [-0.3, -0.25) is 9.59 Å². The summed E-state index contributed by atoms with van der Waals surface area (Å²) in [6.45, 7) is 1.04. The number of nitrogens with one attached hydrogen (secondary N) is 2. The quantitative estimate of drug-likeness (QED) is 0.852. The normalized spacial score (nSPS) is 20.6. The average molecular weight is 295 g/mol. The zero-order valence-corrected chi connectivity index (χ0v) is 12.7. The van der Waals surface area contributed by atoms with Gasteiger partial charge in [-0.05, 0) is 42.9 Å². The first-order valence-electron chi connectivity index (χ1n) is 6.81. The second-order valence-corrected chi connectivity index (χ2v) is 6.10. The van der Waals surface area contributed by atoms with E-state index in [-0.39, 0.29) is 23.8 Å². The molecule has 2 N–H and O–H groups in total. The van der Waals surface area contributed by atoms with Crippen LogP contribution in [0, 0.1) is 5.92 Å². The number of amides is 2. The minimum Gasteiger partial charge on any atom is -0.355 e. The monoisotopic (exact) mass is 295 g/mol. The Morgan fingerprint density at radius 3 is 2.95 bits per heavy atom. The summed E-state index contributed by atoms with van der Waals surface area (Å²) in [7, 11) is 4.02. The van der Waals surface area contributed by atoms with E-state index in [1.165, 1.54) is 5.56 Å². The van der Waals surface area contributed by atoms with Gasteiger partial charge < -0.3 is 15.5 Å². The molecule has 1 aromatic rings. The van der Waals surface area contributed by atoms with Gasteiger partial charge in [0.2, 0.25) is 11.8 Å². The summed E-state index contributed by atoms with van der Waals surface area (Å²) < 4.78 is 0. The van der Waals surface area contributed by atoms with Crippen molar-refractivity contribution in [2.24, 2.45) is 5.92 Å². The van der Waals surface area contributed by atoms with Crippen LogP contribution in [-0.2, 0) is 9.59 Å². The van der Waals surface area contributed by atoms with E-state index in [0.717, 1.165) is 0 Å². The Morgan fingerprint density at radius 2 is 2.40 bits per heavy atom. The second kappa shape index (κ2) is 6.85. The van der Waals surface area contributed by atoms with Crippen molar-refractivity contribution in [3.8, 4) is 0 Å². The molecule has 1 saturated heterocycles. The van der Waals surface area contributed by atoms with Crippen LogP contribution in [0.25, 0.3) is 0 Å². The fourth-order valence-corrected chi connectivity index (χ4v) is 3.07. The Morgan fingerprint density at radius 1 is 1.60 bits per heavy atom. The molecule has 2 amide bonds. The van der Waals surface area contributed by atoms with Gasteiger partial charge in [-0.15, -0.1) is 0 Å². The third-order valence-electron chi connectivity index (χ3n) is 3.66. The van der Waals surface area contributed by atoms with Gasteiger partial charge in [-0.25, -0.2) is 0 Å². The van der Waals surface area contributed by atoms with Gasteiger partial charge in [-0.1, -0.05) is 0 Å². The molecule has 0 bridgehead atoms. The Labute approximate surface area is 123 Å². The van der Waals surface area contributed by atoms with Crippen LogP contribution in [0.5, 0.6) is 0 Å². The van der Waals surface area contributed by atoms with E-state index in [4.69, 9.17) is 0 Å². The molecule has 1 aromatic heterocycles. The number of nitrogens with zero attached hydrogens (tertiary/aromatic N) is 1. The predicted molar refractivity (Wildman–Crippen MR) is 79.5 cm³/mol. The maximum absolute atomic E-state index is 12.1. The molecule has 0 spiro atoms. The SMILES string of the molecule is CN(C)[C@H](CNC(=O)[C@H]1CCC(=O)NC1)c1ccsc1. The molecule has 0 unspecified atom stereocenters. The van der Waals surface area contributed by atoms with Crippen LogP contribution in [0.2, 0.25) is 0 Å². The fourth-order valence-electron chi connectivity index (χ4n) is 2.36. The van der Waals surface area contributed by atoms with Crippen LogP contribution in [0.15, 0.2) is 16.8 Å². The van der Waals surface area contributed by atoms with E-state index >= 15 is 0 Å². The maximum atomic E-state index is 12.1. The highest BCUT2D eigenvalue weighted by Gasteiger charge is 2.25. The average Bonchev–Trinajstić information content (AvgIpc) is 2.93. The van der Waals surface area contributed by atoms with Crippen molar-refractivity contribution >= 4 is 23.2 Å². The van der Waals surface area contributed by atoms with Crippen molar-refractivity contribution in [1.29, 1.82) is 0 Å². The molecule has 0 radical (unpaired) electrons. The second-order valence-electron chi connectivity index (χ2n) is 5.32. The molecule has 5 nitrogen and oxygen atoms in total. The highest BCUT2D eigenvalue weighted by Crippen LogP contribution is 2.20. The Balaban J connectivity index is 1.86. The maximum Gasteiger partial charge on any atom is 0.224 e. The number of thiophene rings is 1. The lowest BCUT2D eigenvalue weighted by Gasteiger charge is -2.26. The first kappa shape index (κ1) is 15.0. The van der Waals surface area contributed by atoms with Crippen LogP contribution in [0.1, 0.15) is 24.4 Å². The van der Waals surface area contributed by atoms with E-state index in [1.807, 2.05) is 19.5 Å². The van der Waals surface area contributed by atoms with Gasteiger partial charge in [0.25, 0.3) is 0 Å². The smallest absolute Gasteiger partial charge is 0.224 e. The number of hydrogen-bond acceptors (Lipinski definition) is 4. The molecule has 110 valence electrons. The topological polar surface area (TPSA) is 61.4 Å². The van der Waals surface area contributed by atoms with Gasteiger partial charge >= 0.3 is 0 Å². The van der Waals surface area contributed by atoms with Gasteiger partial charge in [0.15, 0.2) is 0 Å². The first-order valence-corrected chi connectivity index (χ1v) is 7.75. The number of rotatable bonds is 5. The van der Waals surface area contributed by atoms with E-state index < -0.39 is 0 Å². The van der Waals surface area contributed by atoms with Crippen molar-refractivity contribution in [2.45, 2.75) is 18.9 Å². The lowest BCUT2D eigenvalue weighted by atomic mass is 9.98. The number of carbonyl (C=O) groups excluding carboxylic acids is 2. The van der Waals surface area contributed by atoms with Crippen LogP contribution < -0.4 is 10.6 Å². The van der Waals surface area contributed by atoms with Crippen molar-refractivity contribution in [2.75, 3.05) is 27.2 Å². The van der Waals surface area contributed by atoms with Crippen molar-refractivity contribution in [1.82, 2.24) is 15.5 Å². The fraction of sp³-hybridized carbons (Fsp3) is 0.571. The summed E-state index contributed by atoms with van der Waals surface area (Å²) in [6, 6.07) is 2.27. The number of piperidine rings is 1. The molecule has 1 fully saturated rings. The molecule has 2 atom stereocenters. The molecule has 1 aliphatic rings. The molecule has 1 aliphatic heterocycles. The molecular weight excluding hydrogens is 274 g/mol. The first-order chi connectivity index (χ1) is 9.58. The van der Waals surface area contributed by atoms with Crippen LogP contribution in [0.4, 0.5) is 0 Å². The highest BCUT2D eigenvalue weighted by molar-refractivity contribution is 7.07. The molecule has 0 aliphatic carbocycles. The van der Waals surface area contributed by atoms with E-state index in [1.54, 1.807) is 11.3 Å². The predicted octanol–water partition coefficient (Wildman–Crippen LogP) is 0.993. The summed E-state index contributed by atoms with van der Waals surface area (Å²) in [6.07, 6.45) is 1.09. The van der Waals surface area contributed by atoms with E-state index in [0.29, 0.717) is 25.9 Å². The Bertz CT molecular complexity index is 449. The van der Waals surface area contributed by atoms with Crippen molar-refractivity contribution in [3.63, 3.8) is 0 Å². The van der Waals surface area contributed by atoms with Gasteiger partial charge in [0.1, 0.15) is 0 Å². The van der Waals surface area contributed by atoms with E-state index in [9.17, 15) is 9.59 Å². The van der Waals surface area contributed by atoms with Crippen molar-refractivity contribution < 1.29 is 9.59 Å². The number of carbonyl (C=O) groups is 2.